The number of nitrogens with two attached hydrogens (primary N) is 1. The Hall–Kier alpha value is -1.43. The Balaban J connectivity index is 1.94. The molecule has 0 aliphatic carbocycles. The topological polar surface area (TPSA) is 77.0 Å². The smallest absolute Gasteiger partial charge is 0.244 e. The largest absolute Gasteiger partial charge is 0.341 e. The summed E-state index contributed by atoms with van der Waals surface area (Å²) in [4.78, 5) is 13.7. The van der Waals surface area contributed by atoms with Gasteiger partial charge in [0.2, 0.25) is 5.91 Å². The van der Waals surface area contributed by atoms with Crippen LogP contribution in [0.15, 0.2) is 6.20 Å². The standard InChI is InChI=1S/C11H19N5O/c1-2-9(12)10-7-16(14-13-10)8-11(17)15-5-3-4-6-15/h7,9H,2-6,8,12H2,1H3. The van der Waals surface area contributed by atoms with Gasteiger partial charge in [-0.3, -0.25) is 4.79 Å². The Morgan fingerprint density at radius 3 is 2.88 bits per heavy atom. The third-order valence-corrected chi connectivity index (χ3v) is 3.13. The van der Waals surface area contributed by atoms with E-state index in [0.29, 0.717) is 0 Å². The molecule has 17 heavy (non-hydrogen) atoms. The van der Waals surface area contributed by atoms with Crippen LogP contribution < -0.4 is 5.73 Å². The minimum Gasteiger partial charge on any atom is -0.341 e. The number of rotatable bonds is 4. The number of carbonyl (C=O) groups excluding carboxylic acids is 1. The Labute approximate surface area is 101 Å². The Morgan fingerprint density at radius 1 is 1.53 bits per heavy atom. The van der Waals surface area contributed by atoms with Gasteiger partial charge in [0.1, 0.15) is 6.54 Å². The zero-order valence-electron chi connectivity index (χ0n) is 10.2. The van der Waals surface area contributed by atoms with Gasteiger partial charge in [0, 0.05) is 13.1 Å². The molecule has 0 bridgehead atoms. The number of nitrogens with zero attached hydrogens (tertiary/aromatic N) is 4. The fourth-order valence-corrected chi connectivity index (χ4v) is 1.97. The van der Waals surface area contributed by atoms with Gasteiger partial charge in [-0.1, -0.05) is 12.1 Å². The number of carbonyl (C=O) groups is 1. The van der Waals surface area contributed by atoms with Gasteiger partial charge in [0.25, 0.3) is 0 Å². The molecule has 0 spiro atoms. The molecule has 1 unspecified atom stereocenters. The fraction of sp³-hybridized carbons (Fsp3) is 0.727. The predicted molar refractivity (Wildman–Crippen MR) is 63.1 cm³/mol. The van der Waals surface area contributed by atoms with Gasteiger partial charge in [0.15, 0.2) is 0 Å². The fourth-order valence-electron chi connectivity index (χ4n) is 1.97. The van der Waals surface area contributed by atoms with E-state index in [2.05, 4.69) is 10.3 Å². The molecule has 6 nitrogen and oxygen atoms in total. The van der Waals surface area contributed by atoms with Crippen LogP contribution in [0.25, 0.3) is 0 Å². The molecule has 1 amide bonds. The van der Waals surface area contributed by atoms with Gasteiger partial charge >= 0.3 is 0 Å². The highest BCUT2D eigenvalue weighted by Crippen LogP contribution is 2.10. The van der Waals surface area contributed by atoms with Crippen LogP contribution in [0.3, 0.4) is 0 Å². The first-order valence-electron chi connectivity index (χ1n) is 6.14. The van der Waals surface area contributed by atoms with Gasteiger partial charge in [-0.15, -0.1) is 5.10 Å². The average molecular weight is 237 g/mol. The van der Waals surface area contributed by atoms with Crippen molar-refractivity contribution in [3.05, 3.63) is 11.9 Å². The highest BCUT2D eigenvalue weighted by atomic mass is 16.2. The van der Waals surface area contributed by atoms with Crippen molar-refractivity contribution < 1.29 is 4.79 Å². The highest BCUT2D eigenvalue weighted by Gasteiger charge is 2.19. The summed E-state index contributed by atoms with van der Waals surface area (Å²) in [5, 5.41) is 7.92. The van der Waals surface area contributed by atoms with E-state index in [4.69, 9.17) is 5.73 Å². The Morgan fingerprint density at radius 2 is 2.24 bits per heavy atom. The summed E-state index contributed by atoms with van der Waals surface area (Å²) >= 11 is 0. The number of amides is 1. The number of hydrogen-bond acceptors (Lipinski definition) is 4. The van der Waals surface area contributed by atoms with Crippen molar-refractivity contribution in [2.45, 2.75) is 38.8 Å². The van der Waals surface area contributed by atoms with E-state index in [0.717, 1.165) is 38.0 Å². The van der Waals surface area contributed by atoms with Gasteiger partial charge < -0.3 is 10.6 Å². The molecule has 1 aromatic rings. The summed E-state index contributed by atoms with van der Waals surface area (Å²) in [6.45, 7) is 4.01. The van der Waals surface area contributed by atoms with Crippen LogP contribution in [-0.2, 0) is 11.3 Å². The van der Waals surface area contributed by atoms with Crippen LogP contribution in [-0.4, -0.2) is 38.9 Å². The van der Waals surface area contributed by atoms with E-state index in [1.54, 1.807) is 10.9 Å². The van der Waals surface area contributed by atoms with Crippen molar-refractivity contribution in [1.82, 2.24) is 19.9 Å². The first-order chi connectivity index (χ1) is 8.20. The number of aromatic nitrogens is 3. The van der Waals surface area contributed by atoms with E-state index in [9.17, 15) is 4.79 Å². The van der Waals surface area contributed by atoms with E-state index in [-0.39, 0.29) is 18.5 Å². The van der Waals surface area contributed by atoms with Crippen molar-refractivity contribution in [2.24, 2.45) is 5.73 Å². The molecule has 1 aliphatic heterocycles. The molecule has 2 rings (SSSR count). The van der Waals surface area contributed by atoms with Crippen LogP contribution >= 0.6 is 0 Å². The Bertz CT molecular complexity index is 383. The highest BCUT2D eigenvalue weighted by molar-refractivity contribution is 5.76. The van der Waals surface area contributed by atoms with Gasteiger partial charge in [-0.2, -0.15) is 0 Å². The zero-order chi connectivity index (χ0) is 12.3. The Kier molecular flexibility index (Phi) is 3.73. The third kappa shape index (κ3) is 2.82. The summed E-state index contributed by atoms with van der Waals surface area (Å²) in [5.41, 5.74) is 6.60. The molecular formula is C11H19N5O. The SMILES string of the molecule is CCC(N)c1cn(CC(=O)N2CCCC2)nn1. The van der Waals surface area contributed by atoms with Crippen molar-refractivity contribution >= 4 is 5.91 Å². The van der Waals surface area contributed by atoms with Gasteiger partial charge in [0.05, 0.1) is 17.9 Å². The third-order valence-electron chi connectivity index (χ3n) is 3.13. The molecule has 6 heteroatoms. The van der Waals surface area contributed by atoms with E-state index >= 15 is 0 Å². The second-order valence-corrected chi connectivity index (χ2v) is 4.44. The molecule has 0 saturated carbocycles. The summed E-state index contributed by atoms with van der Waals surface area (Å²) in [6, 6.07) is -0.0920. The van der Waals surface area contributed by atoms with Gasteiger partial charge in [-0.05, 0) is 19.3 Å². The van der Waals surface area contributed by atoms with Crippen molar-refractivity contribution in [2.75, 3.05) is 13.1 Å². The normalized spacial score (nSPS) is 17.4. The zero-order valence-corrected chi connectivity index (χ0v) is 10.2. The van der Waals surface area contributed by atoms with Gasteiger partial charge in [-0.25, -0.2) is 4.68 Å². The van der Waals surface area contributed by atoms with Crippen LogP contribution in [0, 0.1) is 0 Å². The van der Waals surface area contributed by atoms with Crippen LogP contribution in [0.2, 0.25) is 0 Å². The monoisotopic (exact) mass is 237 g/mol. The molecule has 2 heterocycles. The second-order valence-electron chi connectivity index (χ2n) is 4.44. The molecule has 0 aromatic carbocycles. The summed E-state index contributed by atoms with van der Waals surface area (Å²) in [5.74, 6) is 0.115. The summed E-state index contributed by atoms with van der Waals surface area (Å²) in [7, 11) is 0. The maximum Gasteiger partial charge on any atom is 0.244 e. The lowest BCUT2D eigenvalue weighted by molar-refractivity contribution is -0.130. The lowest BCUT2D eigenvalue weighted by atomic mass is 10.2. The van der Waals surface area contributed by atoms with Crippen LogP contribution in [0.5, 0.6) is 0 Å². The molecular weight excluding hydrogens is 218 g/mol. The molecule has 2 N–H and O–H groups in total. The van der Waals surface area contributed by atoms with E-state index in [1.165, 1.54) is 0 Å². The van der Waals surface area contributed by atoms with Crippen molar-refractivity contribution in [3.8, 4) is 0 Å². The van der Waals surface area contributed by atoms with Crippen LogP contribution in [0.1, 0.15) is 37.9 Å². The van der Waals surface area contributed by atoms with Crippen molar-refractivity contribution in [1.29, 1.82) is 0 Å². The van der Waals surface area contributed by atoms with Crippen LogP contribution in [0.4, 0.5) is 0 Å². The second kappa shape index (κ2) is 5.27. The summed E-state index contributed by atoms with van der Waals surface area (Å²) < 4.78 is 1.57. The van der Waals surface area contributed by atoms with E-state index in [1.807, 2.05) is 11.8 Å². The minimum atomic E-state index is -0.0920. The van der Waals surface area contributed by atoms with E-state index < -0.39 is 0 Å². The lowest BCUT2D eigenvalue weighted by Crippen LogP contribution is -2.31. The average Bonchev–Trinajstić information content (AvgIpc) is 2.98. The summed E-state index contributed by atoms with van der Waals surface area (Å²) in [6.07, 6.45) is 4.80. The first-order valence-corrected chi connectivity index (χ1v) is 6.14. The molecule has 94 valence electrons. The molecule has 1 aliphatic rings. The number of likely N-dealkylation sites (tertiary alicyclic amines) is 1. The number of hydrogen-bond donors (Lipinski definition) is 1. The molecule has 1 fully saturated rings. The maximum atomic E-state index is 11.9. The maximum absolute atomic E-state index is 11.9. The predicted octanol–water partition coefficient (Wildman–Crippen LogP) is 0.310. The first kappa shape index (κ1) is 12.0. The minimum absolute atomic E-state index is 0.0920. The molecule has 0 radical (unpaired) electrons. The quantitative estimate of drug-likeness (QED) is 0.817. The molecule has 1 aromatic heterocycles. The lowest BCUT2D eigenvalue weighted by Gasteiger charge is -2.14. The van der Waals surface area contributed by atoms with Crippen molar-refractivity contribution in [3.63, 3.8) is 0 Å². The molecule has 1 saturated heterocycles. The molecule has 1 atom stereocenters.